The second-order valence-electron chi connectivity index (χ2n) is 13.9. The van der Waals surface area contributed by atoms with Gasteiger partial charge in [-0.3, -0.25) is 0 Å². The minimum atomic E-state index is -1.08. The van der Waals surface area contributed by atoms with E-state index in [1.165, 1.54) is 32.5 Å². The lowest BCUT2D eigenvalue weighted by atomic mass is 9.97. The Hall–Kier alpha value is -1.81. The number of nitrogens with zero attached hydrogens (tertiary/aromatic N) is 2. The molecule has 1 N–H and O–H groups in total. The number of epoxide rings is 1. The molecule has 0 spiro atoms. The maximum atomic E-state index is 10.4. The molecule has 8 heteroatoms. The highest BCUT2D eigenvalue weighted by atomic mass is 16.6. The first kappa shape index (κ1) is 60.4. The first-order valence-corrected chi connectivity index (χ1v) is 19.2. The van der Waals surface area contributed by atoms with Gasteiger partial charge in [0, 0.05) is 5.97 Å². The van der Waals surface area contributed by atoms with Crippen molar-refractivity contribution in [2.45, 2.75) is 122 Å². The van der Waals surface area contributed by atoms with Crippen molar-refractivity contribution in [2.75, 3.05) is 78.8 Å². The maximum Gasteiger partial charge on any atom is 0.126 e. The van der Waals surface area contributed by atoms with E-state index >= 15 is 0 Å². The molecule has 8 nitrogen and oxygen atoms in total. The van der Waals surface area contributed by atoms with Crippen molar-refractivity contribution in [1.29, 1.82) is 0 Å². The molecule has 8 atom stereocenters. The van der Waals surface area contributed by atoms with E-state index in [2.05, 4.69) is 97.1 Å². The van der Waals surface area contributed by atoms with Crippen molar-refractivity contribution in [2.24, 2.45) is 35.5 Å². The van der Waals surface area contributed by atoms with E-state index in [1.807, 2.05) is 0 Å². The molecule has 1 heterocycles. The molecule has 8 unspecified atom stereocenters. The van der Waals surface area contributed by atoms with Crippen molar-refractivity contribution < 1.29 is 33.7 Å². The number of carboxylic acid groups (broad SMARTS) is 1. The molecule has 3 aliphatic rings. The Morgan fingerprint density at radius 1 is 0.792 bits per heavy atom. The van der Waals surface area contributed by atoms with E-state index in [-0.39, 0.29) is 35.8 Å². The summed E-state index contributed by atoms with van der Waals surface area (Å²) in [4.78, 5) is 11.3. The summed E-state index contributed by atoms with van der Waals surface area (Å²) in [7, 11) is 0. The summed E-state index contributed by atoms with van der Waals surface area (Å²) >= 11 is 0. The highest BCUT2D eigenvalue weighted by Gasteiger charge is 2.33. The smallest absolute Gasteiger partial charge is 0.126 e. The van der Waals surface area contributed by atoms with Gasteiger partial charge in [-0.25, -0.2) is 0 Å². The average molecular weight is 757 g/mol. The first-order valence-electron chi connectivity index (χ1n) is 19.2. The predicted molar refractivity (Wildman–Crippen MR) is 230 cm³/mol. The van der Waals surface area contributed by atoms with Crippen LogP contribution in [0.1, 0.15) is 110 Å². The number of aliphatic hydroxyl groups is 1. The van der Waals surface area contributed by atoms with Crippen LogP contribution in [0.4, 0.5) is 0 Å². The molecule has 2 aliphatic carbocycles. The lowest BCUT2D eigenvalue weighted by molar-refractivity contribution is -0.927. The zero-order valence-corrected chi connectivity index (χ0v) is 32.7. The van der Waals surface area contributed by atoms with Gasteiger partial charge in [-0.05, 0) is 108 Å². The highest BCUT2D eigenvalue weighted by Crippen LogP contribution is 2.38. The summed E-state index contributed by atoms with van der Waals surface area (Å²) in [6, 6.07) is 0. The summed E-state index contributed by atoms with van der Waals surface area (Å²) < 4.78 is 17.6. The van der Waals surface area contributed by atoms with Crippen LogP contribution >= 0.6 is 0 Å². The van der Waals surface area contributed by atoms with Gasteiger partial charge in [0.05, 0.1) is 52.7 Å². The standard InChI is InChI=1S/C20H38NO2.C13H20O2.C6H15N.C2H4O2.4CH4/c1-6-11-21(9-4,10-5)14-20(22)16-23-15-19-13-17(7-2)12-18(19)8-3;1-3-10-5-11(4-2)12(6-10)7-14-8-13-9-15-13;1-4-7(5-2)6-3;1-2(3)4;;;;/h7-8,17-20,22H,2-3,6,9-16H2,1,4-5H3;3-4,10-13H,1-2,5-9H2;4-6H2,1-3H3;1H3,(H,3,4);4*1H4/q+1;;;;;;;/p-1. The fourth-order valence-corrected chi connectivity index (χ4v) is 7.15. The Kier molecular flexibility index (Phi) is 40.9. The zero-order chi connectivity index (χ0) is 37.2. The zero-order valence-electron chi connectivity index (χ0n) is 32.7. The third-order valence-corrected chi connectivity index (χ3v) is 10.5. The number of quaternary nitrogens is 1. The van der Waals surface area contributed by atoms with E-state index in [9.17, 15) is 5.11 Å². The number of carboxylic acids is 1. The highest BCUT2D eigenvalue weighted by molar-refractivity contribution is 5.60. The lowest BCUT2D eigenvalue weighted by Gasteiger charge is -2.38. The van der Waals surface area contributed by atoms with Crippen molar-refractivity contribution >= 4 is 5.97 Å². The van der Waals surface area contributed by atoms with Crippen LogP contribution in [0.25, 0.3) is 0 Å². The van der Waals surface area contributed by atoms with Crippen LogP contribution in [0, 0.1) is 35.5 Å². The molecule has 0 amide bonds. The average Bonchev–Trinajstić information content (AvgIpc) is 3.69. The second kappa shape index (κ2) is 35.9. The van der Waals surface area contributed by atoms with E-state index in [0.29, 0.717) is 48.2 Å². The molecular weight excluding hydrogens is 665 g/mol. The molecular formula is C45H92N2O6. The molecule has 3 fully saturated rings. The fourth-order valence-electron chi connectivity index (χ4n) is 7.15. The van der Waals surface area contributed by atoms with Gasteiger partial charge >= 0.3 is 0 Å². The molecule has 53 heavy (non-hydrogen) atoms. The molecule has 0 aromatic carbocycles. The molecule has 1 saturated heterocycles. The Bertz CT molecular complexity index is 877. The van der Waals surface area contributed by atoms with Crippen LogP contribution in [0.5, 0.6) is 0 Å². The Morgan fingerprint density at radius 2 is 1.21 bits per heavy atom. The summed E-state index contributed by atoms with van der Waals surface area (Å²) in [5.41, 5.74) is 0. The predicted octanol–water partition coefficient (Wildman–Crippen LogP) is 8.71. The van der Waals surface area contributed by atoms with Gasteiger partial charge in [-0.15, -0.1) is 26.3 Å². The number of allylic oxidation sites excluding steroid dienone is 4. The number of hydrogen-bond acceptors (Lipinski definition) is 7. The van der Waals surface area contributed by atoms with Crippen molar-refractivity contribution in [3.05, 3.63) is 50.6 Å². The Morgan fingerprint density at radius 3 is 1.51 bits per heavy atom. The second-order valence-corrected chi connectivity index (χ2v) is 13.9. The topological polar surface area (TPSA) is 94.6 Å². The Balaban J connectivity index is -0.000000221. The van der Waals surface area contributed by atoms with Gasteiger partial charge in [0.1, 0.15) is 18.8 Å². The van der Waals surface area contributed by atoms with E-state index in [1.54, 1.807) is 0 Å². The minimum Gasteiger partial charge on any atom is -0.550 e. The third kappa shape index (κ3) is 26.6. The van der Waals surface area contributed by atoms with Crippen molar-refractivity contribution in [3.8, 4) is 0 Å². The molecule has 0 aromatic rings. The van der Waals surface area contributed by atoms with Crippen LogP contribution in [0.2, 0.25) is 0 Å². The molecule has 2 saturated carbocycles. The van der Waals surface area contributed by atoms with Gasteiger partial charge in [0.25, 0.3) is 0 Å². The molecule has 318 valence electrons. The molecule has 0 radical (unpaired) electrons. The summed E-state index contributed by atoms with van der Waals surface area (Å²) in [5.74, 6) is 2.44. The number of aliphatic hydroxyl groups excluding tert-OH is 1. The minimum absolute atomic E-state index is 0. The van der Waals surface area contributed by atoms with Gasteiger partial charge in [0.15, 0.2) is 0 Å². The van der Waals surface area contributed by atoms with Crippen molar-refractivity contribution in [1.82, 2.24) is 4.90 Å². The van der Waals surface area contributed by atoms with Crippen LogP contribution in [0.3, 0.4) is 0 Å². The lowest BCUT2D eigenvalue weighted by Crippen LogP contribution is -2.53. The largest absolute Gasteiger partial charge is 0.550 e. The van der Waals surface area contributed by atoms with Crippen LogP contribution in [-0.4, -0.2) is 112 Å². The van der Waals surface area contributed by atoms with Crippen molar-refractivity contribution in [3.63, 3.8) is 0 Å². The molecule has 0 aromatic heterocycles. The summed E-state index contributed by atoms with van der Waals surface area (Å²) in [5, 5.41) is 19.3. The molecule has 0 bridgehead atoms. The van der Waals surface area contributed by atoms with Gasteiger partial charge in [0.2, 0.25) is 0 Å². The van der Waals surface area contributed by atoms with Gasteiger partial charge in [-0.1, -0.05) is 81.7 Å². The number of aliphatic carboxylic acids is 1. The first-order chi connectivity index (χ1) is 23.4. The Labute approximate surface area is 331 Å². The molecule has 1 aliphatic heterocycles. The fraction of sp³-hybridized carbons (Fsp3) is 0.800. The number of hydrogen-bond donors (Lipinski definition) is 1. The SMILES string of the molecule is C.C.C.C.C=CC1CC(C=C)C(COCC(O)C[N+](CC)(CC)CCC)C1.C=CC1CC(C=C)C(COCC2CO2)C1.CC(=O)[O-].CCN(CC)CC. The summed E-state index contributed by atoms with van der Waals surface area (Å²) in [6.45, 7) is 41.1. The normalized spacial score (nSPS) is 24.2. The summed E-state index contributed by atoms with van der Waals surface area (Å²) in [6.07, 6.45) is 14.1. The van der Waals surface area contributed by atoms with Crippen LogP contribution in [-0.2, 0) is 19.0 Å². The number of carbonyl (C=O) groups is 1. The van der Waals surface area contributed by atoms with Crippen LogP contribution in [0.15, 0.2) is 50.6 Å². The molecule has 3 rings (SSSR count). The van der Waals surface area contributed by atoms with E-state index in [0.717, 1.165) is 83.3 Å². The van der Waals surface area contributed by atoms with Crippen LogP contribution < -0.4 is 5.11 Å². The maximum absolute atomic E-state index is 10.4. The quantitative estimate of drug-likeness (QED) is 0.0712. The van der Waals surface area contributed by atoms with E-state index < -0.39 is 5.97 Å². The van der Waals surface area contributed by atoms with Gasteiger partial charge < -0.3 is 38.6 Å². The van der Waals surface area contributed by atoms with Gasteiger partial charge in [-0.2, -0.15) is 0 Å². The number of ether oxygens (including phenoxy) is 3. The number of likely N-dealkylation sites (N-methyl/N-ethyl adjacent to an activating group) is 1. The van der Waals surface area contributed by atoms with E-state index in [4.69, 9.17) is 24.1 Å². The monoisotopic (exact) mass is 757 g/mol. The number of carbonyl (C=O) groups excluding carboxylic acids is 1. The third-order valence-electron chi connectivity index (χ3n) is 10.5. The number of rotatable bonds is 21.